The molecule has 2 rings (SSSR count). The van der Waals surface area contributed by atoms with Crippen molar-refractivity contribution in [2.75, 3.05) is 13.7 Å². The number of methoxy groups -OCH3 is 1. The third kappa shape index (κ3) is 1.87. The molecule has 1 aromatic heterocycles. The molecule has 1 saturated carbocycles. The highest BCUT2D eigenvalue weighted by Crippen LogP contribution is 2.47. The summed E-state index contributed by atoms with van der Waals surface area (Å²) in [6.45, 7) is 0.770. The normalized spacial score (nSPS) is 17.9. The molecule has 1 aliphatic rings. The van der Waals surface area contributed by atoms with Crippen molar-refractivity contribution in [2.45, 2.75) is 19.3 Å². The van der Waals surface area contributed by atoms with Crippen molar-refractivity contribution in [1.29, 1.82) is 0 Å². The summed E-state index contributed by atoms with van der Waals surface area (Å²) in [5.74, 6) is 0.878. The lowest BCUT2D eigenvalue weighted by atomic mass is 10.0. The zero-order valence-corrected chi connectivity index (χ0v) is 8.49. The number of nitrogens with zero attached hydrogens (tertiary/aromatic N) is 1. The number of nitrogens with two attached hydrogens (primary N) is 1. The molecule has 0 saturated heterocycles. The summed E-state index contributed by atoms with van der Waals surface area (Å²) in [6.07, 6.45) is 5.26. The van der Waals surface area contributed by atoms with Crippen LogP contribution < -0.4 is 10.5 Å². The first-order valence-corrected chi connectivity index (χ1v) is 4.97. The van der Waals surface area contributed by atoms with Crippen LogP contribution in [0.2, 0.25) is 0 Å². The maximum absolute atomic E-state index is 5.73. The van der Waals surface area contributed by atoms with Crippen molar-refractivity contribution in [1.82, 2.24) is 4.98 Å². The monoisotopic (exact) mass is 192 g/mol. The topological polar surface area (TPSA) is 48.1 Å². The first-order chi connectivity index (χ1) is 6.78. The van der Waals surface area contributed by atoms with Gasteiger partial charge in [0, 0.05) is 18.0 Å². The summed E-state index contributed by atoms with van der Waals surface area (Å²) in [4.78, 5) is 4.32. The van der Waals surface area contributed by atoms with Gasteiger partial charge in [0.05, 0.1) is 7.11 Å². The standard InChI is InChI=1S/C11H16N2O/c1-14-10-2-5-13-9(6-10)7-11(8-12)3-4-11/h2,5-6H,3-4,7-8,12H2,1H3. The molecule has 2 N–H and O–H groups in total. The molecule has 0 spiro atoms. The van der Waals surface area contributed by atoms with Gasteiger partial charge in [-0.3, -0.25) is 4.98 Å². The Hall–Kier alpha value is -1.09. The van der Waals surface area contributed by atoms with Crippen LogP contribution in [-0.2, 0) is 6.42 Å². The molecule has 0 bridgehead atoms. The lowest BCUT2D eigenvalue weighted by molar-refractivity contribution is 0.412. The van der Waals surface area contributed by atoms with Crippen LogP contribution in [0.4, 0.5) is 0 Å². The summed E-state index contributed by atoms with van der Waals surface area (Å²) in [5, 5.41) is 0. The van der Waals surface area contributed by atoms with Gasteiger partial charge >= 0.3 is 0 Å². The van der Waals surface area contributed by atoms with Crippen LogP contribution in [0, 0.1) is 5.41 Å². The van der Waals surface area contributed by atoms with Gasteiger partial charge in [-0.05, 0) is 37.3 Å². The molecule has 0 unspecified atom stereocenters. The maximum atomic E-state index is 5.73. The van der Waals surface area contributed by atoms with Gasteiger partial charge < -0.3 is 10.5 Å². The number of hydrogen-bond donors (Lipinski definition) is 1. The molecule has 3 heteroatoms. The average molecular weight is 192 g/mol. The molecule has 76 valence electrons. The third-order valence-corrected chi connectivity index (χ3v) is 2.97. The average Bonchev–Trinajstić information content (AvgIpc) is 2.99. The van der Waals surface area contributed by atoms with E-state index in [0.29, 0.717) is 5.41 Å². The highest BCUT2D eigenvalue weighted by Gasteiger charge is 2.41. The Labute approximate surface area is 84.3 Å². The van der Waals surface area contributed by atoms with Crippen LogP contribution in [0.3, 0.4) is 0 Å². The smallest absolute Gasteiger partial charge is 0.122 e. The predicted octanol–water partition coefficient (Wildman–Crippen LogP) is 1.37. The number of pyridine rings is 1. The van der Waals surface area contributed by atoms with E-state index in [1.165, 1.54) is 12.8 Å². The summed E-state index contributed by atoms with van der Waals surface area (Å²) < 4.78 is 5.15. The summed E-state index contributed by atoms with van der Waals surface area (Å²) >= 11 is 0. The second-order valence-electron chi connectivity index (χ2n) is 4.07. The van der Waals surface area contributed by atoms with Crippen molar-refractivity contribution in [3.8, 4) is 5.75 Å². The second-order valence-corrected chi connectivity index (χ2v) is 4.07. The summed E-state index contributed by atoms with van der Waals surface area (Å²) in [7, 11) is 1.68. The van der Waals surface area contributed by atoms with E-state index in [4.69, 9.17) is 10.5 Å². The number of rotatable bonds is 4. The highest BCUT2D eigenvalue weighted by atomic mass is 16.5. The Balaban J connectivity index is 2.09. The maximum Gasteiger partial charge on any atom is 0.122 e. The van der Waals surface area contributed by atoms with Crippen LogP contribution in [0.5, 0.6) is 5.75 Å². The van der Waals surface area contributed by atoms with Gasteiger partial charge in [0.25, 0.3) is 0 Å². The zero-order valence-electron chi connectivity index (χ0n) is 8.49. The third-order valence-electron chi connectivity index (χ3n) is 2.97. The molecule has 0 amide bonds. The Kier molecular flexibility index (Phi) is 2.42. The molecule has 0 atom stereocenters. The van der Waals surface area contributed by atoms with E-state index in [9.17, 15) is 0 Å². The van der Waals surface area contributed by atoms with Crippen molar-refractivity contribution >= 4 is 0 Å². The molecular formula is C11H16N2O. The molecule has 14 heavy (non-hydrogen) atoms. The van der Waals surface area contributed by atoms with Crippen LogP contribution in [0.1, 0.15) is 18.5 Å². The largest absolute Gasteiger partial charge is 0.497 e. The molecule has 0 aliphatic heterocycles. The Bertz CT molecular complexity index is 321. The van der Waals surface area contributed by atoms with E-state index in [1.807, 2.05) is 12.1 Å². The first-order valence-electron chi connectivity index (χ1n) is 4.97. The van der Waals surface area contributed by atoms with E-state index >= 15 is 0 Å². The SMILES string of the molecule is COc1ccnc(CC2(CN)CC2)c1. The van der Waals surface area contributed by atoms with Gasteiger partial charge in [0.1, 0.15) is 5.75 Å². The number of ether oxygens (including phenoxy) is 1. The minimum Gasteiger partial charge on any atom is -0.497 e. The van der Waals surface area contributed by atoms with Gasteiger partial charge in [0.15, 0.2) is 0 Å². The zero-order chi connectivity index (χ0) is 10.0. The van der Waals surface area contributed by atoms with Crippen LogP contribution in [-0.4, -0.2) is 18.6 Å². The van der Waals surface area contributed by atoms with Crippen molar-refractivity contribution < 1.29 is 4.74 Å². The van der Waals surface area contributed by atoms with Crippen LogP contribution in [0.15, 0.2) is 18.3 Å². The predicted molar refractivity (Wildman–Crippen MR) is 55.2 cm³/mol. The van der Waals surface area contributed by atoms with E-state index in [0.717, 1.165) is 24.4 Å². The van der Waals surface area contributed by atoms with Gasteiger partial charge in [-0.25, -0.2) is 0 Å². The Morgan fingerprint density at radius 3 is 2.93 bits per heavy atom. The number of aromatic nitrogens is 1. The summed E-state index contributed by atoms with van der Waals surface area (Å²) in [5.41, 5.74) is 7.16. The number of hydrogen-bond acceptors (Lipinski definition) is 3. The van der Waals surface area contributed by atoms with Gasteiger partial charge in [-0.1, -0.05) is 0 Å². The molecule has 1 heterocycles. The fourth-order valence-electron chi connectivity index (χ4n) is 1.69. The van der Waals surface area contributed by atoms with Gasteiger partial charge in [-0.15, -0.1) is 0 Å². The van der Waals surface area contributed by atoms with Crippen molar-refractivity contribution in [2.24, 2.45) is 11.1 Å². The molecule has 1 fully saturated rings. The molecule has 1 aliphatic carbocycles. The molecule has 3 nitrogen and oxygen atoms in total. The van der Waals surface area contributed by atoms with Gasteiger partial charge in [0.2, 0.25) is 0 Å². The molecule has 0 radical (unpaired) electrons. The highest BCUT2D eigenvalue weighted by molar-refractivity contribution is 5.24. The fraction of sp³-hybridized carbons (Fsp3) is 0.545. The lowest BCUT2D eigenvalue weighted by Gasteiger charge is -2.11. The minimum absolute atomic E-state index is 0.347. The molecular weight excluding hydrogens is 176 g/mol. The van der Waals surface area contributed by atoms with Crippen molar-refractivity contribution in [3.05, 3.63) is 24.0 Å². The Morgan fingerprint density at radius 2 is 2.36 bits per heavy atom. The van der Waals surface area contributed by atoms with E-state index in [-0.39, 0.29) is 0 Å². The van der Waals surface area contributed by atoms with Gasteiger partial charge in [-0.2, -0.15) is 0 Å². The fourth-order valence-corrected chi connectivity index (χ4v) is 1.69. The first kappa shape index (κ1) is 9.46. The van der Waals surface area contributed by atoms with Crippen LogP contribution >= 0.6 is 0 Å². The minimum atomic E-state index is 0.347. The Morgan fingerprint density at radius 1 is 1.57 bits per heavy atom. The molecule has 0 aromatic carbocycles. The second kappa shape index (κ2) is 3.58. The van der Waals surface area contributed by atoms with E-state index in [1.54, 1.807) is 13.3 Å². The van der Waals surface area contributed by atoms with E-state index in [2.05, 4.69) is 4.98 Å². The quantitative estimate of drug-likeness (QED) is 0.783. The molecule has 1 aromatic rings. The summed E-state index contributed by atoms with van der Waals surface area (Å²) in [6, 6.07) is 3.86. The van der Waals surface area contributed by atoms with Crippen LogP contribution in [0.25, 0.3) is 0 Å². The van der Waals surface area contributed by atoms with E-state index < -0.39 is 0 Å². The lowest BCUT2D eigenvalue weighted by Crippen LogP contribution is -2.18. The van der Waals surface area contributed by atoms with Crippen molar-refractivity contribution in [3.63, 3.8) is 0 Å².